The van der Waals surface area contributed by atoms with E-state index < -0.39 is 0 Å². The smallest absolute Gasteiger partial charge is 0.291 e. The summed E-state index contributed by atoms with van der Waals surface area (Å²) in [5.74, 6) is 1.25. The molecule has 2 heterocycles. The van der Waals surface area contributed by atoms with Crippen molar-refractivity contribution in [2.45, 2.75) is 33.2 Å². The number of rotatable bonds is 5. The third-order valence-electron chi connectivity index (χ3n) is 2.49. The van der Waals surface area contributed by atoms with Crippen molar-refractivity contribution in [3.63, 3.8) is 0 Å². The molecule has 7 heteroatoms. The zero-order chi connectivity index (χ0) is 13.7. The minimum Gasteiger partial charge on any atom is -0.344 e. The van der Waals surface area contributed by atoms with Crippen molar-refractivity contribution < 1.29 is 4.79 Å². The minimum absolute atomic E-state index is 0.161. The van der Waals surface area contributed by atoms with Gasteiger partial charge in [-0.15, -0.1) is 5.10 Å². The zero-order valence-corrected chi connectivity index (χ0v) is 11.0. The SMILES string of the molecule is CCCc1nc(C(=O)NCc2ccnc(C)n2)n[nH]1. The van der Waals surface area contributed by atoms with Crippen molar-refractivity contribution in [1.82, 2.24) is 30.5 Å². The number of aryl methyl sites for hydroxylation is 2. The van der Waals surface area contributed by atoms with Crippen LogP contribution in [0.2, 0.25) is 0 Å². The van der Waals surface area contributed by atoms with Crippen LogP contribution in [-0.4, -0.2) is 31.1 Å². The molecule has 0 bridgehead atoms. The normalized spacial score (nSPS) is 10.4. The number of H-pyrrole nitrogens is 1. The Hall–Kier alpha value is -2.31. The van der Waals surface area contributed by atoms with E-state index in [0.29, 0.717) is 12.4 Å². The fourth-order valence-corrected chi connectivity index (χ4v) is 1.60. The Morgan fingerprint density at radius 1 is 1.42 bits per heavy atom. The van der Waals surface area contributed by atoms with Crippen molar-refractivity contribution >= 4 is 5.91 Å². The van der Waals surface area contributed by atoms with E-state index in [1.54, 1.807) is 19.2 Å². The maximum absolute atomic E-state index is 11.8. The standard InChI is InChI=1S/C12H16N6O/c1-3-4-10-16-11(18-17-10)12(19)14-7-9-5-6-13-8(2)15-9/h5-6H,3-4,7H2,1-2H3,(H,14,19)(H,16,17,18). The molecule has 0 aliphatic rings. The van der Waals surface area contributed by atoms with Crippen LogP contribution in [0.15, 0.2) is 12.3 Å². The molecule has 0 fully saturated rings. The van der Waals surface area contributed by atoms with Crippen LogP contribution in [0.25, 0.3) is 0 Å². The van der Waals surface area contributed by atoms with Gasteiger partial charge in [0.1, 0.15) is 11.6 Å². The molecule has 0 atom stereocenters. The first-order valence-corrected chi connectivity index (χ1v) is 6.17. The topological polar surface area (TPSA) is 96.5 Å². The maximum atomic E-state index is 11.8. The minimum atomic E-state index is -0.310. The van der Waals surface area contributed by atoms with Gasteiger partial charge in [0.25, 0.3) is 5.91 Å². The lowest BCUT2D eigenvalue weighted by Crippen LogP contribution is -2.24. The number of carbonyl (C=O) groups is 1. The summed E-state index contributed by atoms with van der Waals surface area (Å²) in [5, 5.41) is 9.35. The number of nitrogens with one attached hydrogen (secondary N) is 2. The van der Waals surface area contributed by atoms with Crippen molar-refractivity contribution in [3.05, 3.63) is 35.4 Å². The second kappa shape index (κ2) is 6.03. The molecule has 0 aliphatic heterocycles. The molecule has 0 radical (unpaired) electrons. The maximum Gasteiger partial charge on any atom is 0.291 e. The van der Waals surface area contributed by atoms with Gasteiger partial charge in [-0.1, -0.05) is 6.92 Å². The van der Waals surface area contributed by atoms with Gasteiger partial charge in [0.15, 0.2) is 0 Å². The van der Waals surface area contributed by atoms with E-state index in [0.717, 1.165) is 24.4 Å². The Balaban J connectivity index is 1.93. The highest BCUT2D eigenvalue weighted by molar-refractivity contribution is 5.90. The van der Waals surface area contributed by atoms with Gasteiger partial charge in [0.2, 0.25) is 5.82 Å². The molecule has 100 valence electrons. The Morgan fingerprint density at radius 3 is 3.00 bits per heavy atom. The highest BCUT2D eigenvalue weighted by atomic mass is 16.2. The number of hydrogen-bond acceptors (Lipinski definition) is 5. The van der Waals surface area contributed by atoms with Gasteiger partial charge in [-0.2, -0.15) is 0 Å². The molecule has 19 heavy (non-hydrogen) atoms. The largest absolute Gasteiger partial charge is 0.344 e. The van der Waals surface area contributed by atoms with Crippen molar-refractivity contribution in [3.8, 4) is 0 Å². The van der Waals surface area contributed by atoms with E-state index in [-0.39, 0.29) is 11.7 Å². The number of carbonyl (C=O) groups excluding carboxylic acids is 1. The highest BCUT2D eigenvalue weighted by Gasteiger charge is 2.11. The van der Waals surface area contributed by atoms with Gasteiger partial charge in [-0.25, -0.2) is 15.0 Å². The van der Waals surface area contributed by atoms with Crippen LogP contribution in [0.1, 0.15) is 41.3 Å². The number of amides is 1. The quantitative estimate of drug-likeness (QED) is 0.828. The van der Waals surface area contributed by atoms with Crippen molar-refractivity contribution in [2.75, 3.05) is 0 Å². The molecule has 0 spiro atoms. The van der Waals surface area contributed by atoms with E-state index in [2.05, 4.69) is 30.5 Å². The molecule has 0 aliphatic carbocycles. The van der Waals surface area contributed by atoms with Gasteiger partial charge in [0.05, 0.1) is 12.2 Å². The van der Waals surface area contributed by atoms with E-state index in [1.165, 1.54) is 0 Å². The van der Waals surface area contributed by atoms with Crippen LogP contribution in [0.3, 0.4) is 0 Å². The fourth-order valence-electron chi connectivity index (χ4n) is 1.60. The first-order valence-electron chi connectivity index (χ1n) is 6.17. The van der Waals surface area contributed by atoms with Gasteiger partial charge >= 0.3 is 0 Å². The molecule has 0 aromatic carbocycles. The fraction of sp³-hybridized carbons (Fsp3) is 0.417. The Kier molecular flexibility index (Phi) is 4.17. The van der Waals surface area contributed by atoms with Crippen LogP contribution in [0.4, 0.5) is 0 Å². The third kappa shape index (κ3) is 3.57. The lowest BCUT2D eigenvalue weighted by Gasteiger charge is -2.02. The molecule has 2 N–H and O–H groups in total. The number of hydrogen-bond donors (Lipinski definition) is 2. The van der Waals surface area contributed by atoms with Crippen LogP contribution in [0, 0.1) is 6.92 Å². The van der Waals surface area contributed by atoms with E-state index in [1.807, 2.05) is 6.92 Å². The molecule has 2 aromatic rings. The summed E-state index contributed by atoms with van der Waals surface area (Å²) in [5.41, 5.74) is 0.755. The molecule has 2 rings (SSSR count). The predicted molar refractivity (Wildman–Crippen MR) is 68.3 cm³/mol. The Labute approximate surface area is 110 Å². The van der Waals surface area contributed by atoms with Crippen LogP contribution >= 0.6 is 0 Å². The monoisotopic (exact) mass is 260 g/mol. The van der Waals surface area contributed by atoms with Crippen molar-refractivity contribution in [1.29, 1.82) is 0 Å². The predicted octanol–water partition coefficient (Wildman–Crippen LogP) is 0.786. The third-order valence-corrected chi connectivity index (χ3v) is 2.49. The molecule has 7 nitrogen and oxygen atoms in total. The molecule has 2 aromatic heterocycles. The zero-order valence-electron chi connectivity index (χ0n) is 11.0. The molecule has 0 saturated carbocycles. The molecule has 0 unspecified atom stereocenters. The van der Waals surface area contributed by atoms with Crippen LogP contribution in [-0.2, 0) is 13.0 Å². The number of aromatic nitrogens is 5. The molecule has 1 amide bonds. The van der Waals surface area contributed by atoms with Gasteiger partial charge in [-0.3, -0.25) is 9.89 Å². The lowest BCUT2D eigenvalue weighted by atomic mass is 10.3. The summed E-state index contributed by atoms with van der Waals surface area (Å²) in [7, 11) is 0. The molecular weight excluding hydrogens is 244 g/mol. The van der Waals surface area contributed by atoms with Gasteiger partial charge < -0.3 is 5.32 Å². The first-order chi connectivity index (χ1) is 9.19. The summed E-state index contributed by atoms with van der Waals surface area (Å²) >= 11 is 0. The Morgan fingerprint density at radius 2 is 2.26 bits per heavy atom. The average molecular weight is 260 g/mol. The first kappa shape index (κ1) is 13.1. The number of aromatic amines is 1. The van der Waals surface area contributed by atoms with Crippen LogP contribution < -0.4 is 5.32 Å². The van der Waals surface area contributed by atoms with Gasteiger partial charge in [-0.05, 0) is 19.4 Å². The van der Waals surface area contributed by atoms with E-state index in [4.69, 9.17) is 0 Å². The number of nitrogens with zero attached hydrogens (tertiary/aromatic N) is 4. The summed E-state index contributed by atoms with van der Waals surface area (Å²) in [6.45, 7) is 4.18. The summed E-state index contributed by atoms with van der Waals surface area (Å²) in [6.07, 6.45) is 3.40. The van der Waals surface area contributed by atoms with Crippen molar-refractivity contribution in [2.24, 2.45) is 0 Å². The highest BCUT2D eigenvalue weighted by Crippen LogP contribution is 1.98. The second-order valence-corrected chi connectivity index (χ2v) is 4.13. The van der Waals surface area contributed by atoms with Gasteiger partial charge in [0, 0.05) is 12.6 Å². The lowest BCUT2D eigenvalue weighted by molar-refractivity contribution is 0.0940. The van der Waals surface area contributed by atoms with E-state index >= 15 is 0 Å². The Bertz CT molecular complexity index is 565. The summed E-state index contributed by atoms with van der Waals surface area (Å²) in [6, 6.07) is 1.76. The summed E-state index contributed by atoms with van der Waals surface area (Å²) in [4.78, 5) is 24.1. The summed E-state index contributed by atoms with van der Waals surface area (Å²) < 4.78 is 0. The molecular formula is C12H16N6O. The average Bonchev–Trinajstić information content (AvgIpc) is 2.85. The second-order valence-electron chi connectivity index (χ2n) is 4.13. The molecule has 0 saturated heterocycles. The van der Waals surface area contributed by atoms with E-state index in [9.17, 15) is 4.79 Å². The van der Waals surface area contributed by atoms with Crippen LogP contribution in [0.5, 0.6) is 0 Å².